The summed E-state index contributed by atoms with van der Waals surface area (Å²) >= 11 is 0. The number of nitrogens with zero attached hydrogens (tertiary/aromatic N) is 2. The molecule has 2 heterocycles. The highest BCUT2D eigenvalue weighted by molar-refractivity contribution is 5.42. The van der Waals surface area contributed by atoms with Crippen LogP contribution in [0, 0.1) is 11.6 Å². The van der Waals surface area contributed by atoms with Gasteiger partial charge in [0.15, 0.2) is 11.5 Å². The lowest BCUT2D eigenvalue weighted by molar-refractivity contribution is 0.576. The van der Waals surface area contributed by atoms with Gasteiger partial charge in [-0.05, 0) is 6.92 Å². The fourth-order valence-electron chi connectivity index (χ4n) is 1.26. The van der Waals surface area contributed by atoms with Crippen LogP contribution in [0.3, 0.4) is 0 Å². The molecule has 2 N–H and O–H groups in total. The van der Waals surface area contributed by atoms with Crippen molar-refractivity contribution in [3.8, 4) is 0 Å². The Morgan fingerprint density at radius 2 is 2.14 bits per heavy atom. The molecule has 0 aliphatic rings. The van der Waals surface area contributed by atoms with Crippen LogP contribution in [0.2, 0.25) is 0 Å². The standard InChI is InChI=1S/C9H9F2N3/c1-5(12)8-4-14-3-6(10)2-7(11)9(14)13-8/h2-5H,12H2,1H3. The van der Waals surface area contributed by atoms with Gasteiger partial charge in [-0.15, -0.1) is 0 Å². The SMILES string of the molecule is CC(N)c1cn2cc(F)cc(F)c2n1. The second-order valence-corrected chi connectivity index (χ2v) is 3.19. The highest BCUT2D eigenvalue weighted by Gasteiger charge is 2.10. The highest BCUT2D eigenvalue weighted by atomic mass is 19.1. The molecule has 0 fully saturated rings. The van der Waals surface area contributed by atoms with E-state index in [9.17, 15) is 8.78 Å². The van der Waals surface area contributed by atoms with Crippen molar-refractivity contribution in [1.29, 1.82) is 0 Å². The van der Waals surface area contributed by atoms with Gasteiger partial charge in [0, 0.05) is 24.5 Å². The van der Waals surface area contributed by atoms with Crippen LogP contribution in [0.5, 0.6) is 0 Å². The summed E-state index contributed by atoms with van der Waals surface area (Å²) in [5.74, 6) is -1.32. The first-order valence-corrected chi connectivity index (χ1v) is 4.17. The molecule has 0 bridgehead atoms. The van der Waals surface area contributed by atoms with Crippen molar-refractivity contribution in [3.05, 3.63) is 35.8 Å². The van der Waals surface area contributed by atoms with Crippen molar-refractivity contribution in [2.24, 2.45) is 5.73 Å². The van der Waals surface area contributed by atoms with Gasteiger partial charge in [0.1, 0.15) is 5.82 Å². The van der Waals surface area contributed by atoms with Gasteiger partial charge in [-0.2, -0.15) is 0 Å². The number of pyridine rings is 1. The van der Waals surface area contributed by atoms with Crippen molar-refractivity contribution >= 4 is 5.65 Å². The summed E-state index contributed by atoms with van der Waals surface area (Å²) in [7, 11) is 0. The van der Waals surface area contributed by atoms with Crippen LogP contribution in [-0.2, 0) is 0 Å². The summed E-state index contributed by atoms with van der Waals surface area (Å²) in [6, 6.07) is 0.505. The third kappa shape index (κ3) is 1.35. The van der Waals surface area contributed by atoms with Gasteiger partial charge in [-0.25, -0.2) is 13.8 Å². The lowest BCUT2D eigenvalue weighted by atomic mass is 10.3. The Bertz CT molecular complexity index is 476. The van der Waals surface area contributed by atoms with Gasteiger partial charge >= 0.3 is 0 Å². The molecular formula is C9H9F2N3. The zero-order valence-corrected chi connectivity index (χ0v) is 7.54. The number of nitrogens with two attached hydrogens (primary N) is 1. The van der Waals surface area contributed by atoms with E-state index in [2.05, 4.69) is 4.98 Å². The molecule has 14 heavy (non-hydrogen) atoms. The average Bonchev–Trinajstić information content (AvgIpc) is 2.47. The largest absolute Gasteiger partial charge is 0.323 e. The Hall–Kier alpha value is -1.49. The van der Waals surface area contributed by atoms with Crippen LogP contribution in [0.1, 0.15) is 18.7 Å². The second-order valence-electron chi connectivity index (χ2n) is 3.19. The Morgan fingerprint density at radius 1 is 1.43 bits per heavy atom. The van der Waals surface area contributed by atoms with Gasteiger partial charge in [0.05, 0.1) is 5.69 Å². The molecule has 0 radical (unpaired) electrons. The van der Waals surface area contributed by atoms with Crippen LogP contribution in [0.15, 0.2) is 18.5 Å². The molecule has 74 valence electrons. The first-order chi connectivity index (χ1) is 6.58. The number of fused-ring (bicyclic) bond motifs is 1. The maximum absolute atomic E-state index is 13.2. The lowest BCUT2D eigenvalue weighted by Gasteiger charge is -1.95. The third-order valence-corrected chi connectivity index (χ3v) is 1.96. The maximum Gasteiger partial charge on any atom is 0.173 e. The molecular weight excluding hydrogens is 188 g/mol. The van der Waals surface area contributed by atoms with E-state index < -0.39 is 11.6 Å². The molecule has 0 spiro atoms. The fourth-order valence-corrected chi connectivity index (χ4v) is 1.26. The first kappa shape index (κ1) is 9.08. The molecule has 3 nitrogen and oxygen atoms in total. The van der Waals surface area contributed by atoms with Gasteiger partial charge in [-0.3, -0.25) is 0 Å². The van der Waals surface area contributed by atoms with Crippen molar-refractivity contribution in [1.82, 2.24) is 9.38 Å². The predicted octanol–water partition coefficient (Wildman–Crippen LogP) is 1.63. The van der Waals surface area contributed by atoms with E-state index in [1.807, 2.05) is 0 Å². The average molecular weight is 197 g/mol. The minimum absolute atomic E-state index is 0.0960. The molecule has 0 saturated heterocycles. The zero-order chi connectivity index (χ0) is 10.3. The first-order valence-electron chi connectivity index (χ1n) is 4.17. The Balaban J connectivity index is 2.70. The van der Waals surface area contributed by atoms with E-state index in [0.29, 0.717) is 5.69 Å². The maximum atomic E-state index is 13.2. The minimum Gasteiger partial charge on any atom is -0.323 e. The second kappa shape index (κ2) is 3.02. The molecule has 1 atom stereocenters. The number of hydrogen-bond donors (Lipinski definition) is 1. The zero-order valence-electron chi connectivity index (χ0n) is 7.54. The Morgan fingerprint density at radius 3 is 2.79 bits per heavy atom. The van der Waals surface area contributed by atoms with Crippen LogP contribution < -0.4 is 5.73 Å². The summed E-state index contributed by atoms with van der Waals surface area (Å²) in [4.78, 5) is 3.95. The topological polar surface area (TPSA) is 43.3 Å². The van der Waals surface area contributed by atoms with E-state index in [1.165, 1.54) is 10.6 Å². The monoisotopic (exact) mass is 197 g/mol. The van der Waals surface area contributed by atoms with Crippen LogP contribution >= 0.6 is 0 Å². The molecule has 5 heteroatoms. The van der Waals surface area contributed by atoms with Crippen LogP contribution in [-0.4, -0.2) is 9.38 Å². The Kier molecular flexibility index (Phi) is 1.96. The number of hydrogen-bond acceptors (Lipinski definition) is 2. The van der Waals surface area contributed by atoms with Crippen molar-refractivity contribution < 1.29 is 8.78 Å². The number of halogens is 2. The van der Waals surface area contributed by atoms with Crippen molar-refractivity contribution in [3.63, 3.8) is 0 Å². The molecule has 0 aliphatic carbocycles. The molecule has 2 aromatic rings. The lowest BCUT2D eigenvalue weighted by Crippen LogP contribution is -2.04. The van der Waals surface area contributed by atoms with Crippen LogP contribution in [0.4, 0.5) is 8.78 Å². The smallest absolute Gasteiger partial charge is 0.173 e. The molecule has 1 unspecified atom stereocenters. The molecule has 0 saturated carbocycles. The number of imidazole rings is 1. The summed E-state index contributed by atoms with van der Waals surface area (Å²) < 4.78 is 27.2. The summed E-state index contributed by atoms with van der Waals surface area (Å²) in [6.07, 6.45) is 2.68. The minimum atomic E-state index is -0.683. The normalized spacial score (nSPS) is 13.4. The van der Waals surface area contributed by atoms with Gasteiger partial charge in [0.2, 0.25) is 0 Å². The third-order valence-electron chi connectivity index (χ3n) is 1.96. The molecule has 2 aromatic heterocycles. The van der Waals surface area contributed by atoms with Gasteiger partial charge in [0.25, 0.3) is 0 Å². The predicted molar refractivity (Wildman–Crippen MR) is 47.7 cm³/mol. The van der Waals surface area contributed by atoms with E-state index in [1.54, 1.807) is 6.92 Å². The number of aromatic nitrogens is 2. The summed E-state index contributed by atoms with van der Waals surface area (Å²) in [5, 5.41) is 0. The highest BCUT2D eigenvalue weighted by Crippen LogP contribution is 2.14. The van der Waals surface area contributed by atoms with E-state index >= 15 is 0 Å². The quantitative estimate of drug-likeness (QED) is 0.755. The molecule has 0 aliphatic heterocycles. The molecule has 0 aromatic carbocycles. The van der Waals surface area contributed by atoms with Crippen molar-refractivity contribution in [2.45, 2.75) is 13.0 Å². The van der Waals surface area contributed by atoms with E-state index in [-0.39, 0.29) is 11.7 Å². The van der Waals surface area contributed by atoms with Gasteiger partial charge < -0.3 is 10.1 Å². The van der Waals surface area contributed by atoms with E-state index in [4.69, 9.17) is 5.73 Å². The van der Waals surface area contributed by atoms with E-state index in [0.717, 1.165) is 12.3 Å². The number of rotatable bonds is 1. The fraction of sp³-hybridized carbons (Fsp3) is 0.222. The summed E-state index contributed by atoms with van der Waals surface area (Å²) in [5.41, 5.74) is 6.21. The Labute approximate surface area is 79.2 Å². The van der Waals surface area contributed by atoms with Gasteiger partial charge in [-0.1, -0.05) is 0 Å². The summed E-state index contributed by atoms with van der Waals surface area (Å²) in [6.45, 7) is 1.73. The molecule has 2 rings (SSSR count). The molecule has 0 amide bonds. The van der Waals surface area contributed by atoms with Crippen LogP contribution in [0.25, 0.3) is 5.65 Å². The van der Waals surface area contributed by atoms with Crippen molar-refractivity contribution in [2.75, 3.05) is 0 Å².